The summed E-state index contributed by atoms with van der Waals surface area (Å²) in [6, 6.07) is 20.2. The summed E-state index contributed by atoms with van der Waals surface area (Å²) in [4.78, 5) is 6.98. The number of aromatic nitrogens is 2. The predicted octanol–water partition coefficient (Wildman–Crippen LogP) is 10.5. The molecule has 11 nitrogen and oxygen atoms in total. The van der Waals surface area contributed by atoms with Crippen molar-refractivity contribution in [1.29, 1.82) is 0 Å². The third kappa shape index (κ3) is 10.4. The van der Waals surface area contributed by atoms with Crippen molar-refractivity contribution in [2.75, 3.05) is 19.7 Å². The number of phenolic OH excluding ortho intramolecular Hbond substituents is 1. The molecule has 2 fully saturated rings. The lowest BCUT2D eigenvalue weighted by Gasteiger charge is -2.39. The maximum absolute atomic E-state index is 11.6. The first-order chi connectivity index (χ1) is 34.1. The van der Waals surface area contributed by atoms with Gasteiger partial charge in [-0.05, 0) is 157 Å². The van der Waals surface area contributed by atoms with Crippen LogP contribution in [0, 0.1) is 23.2 Å². The number of unbranched alkanes of at least 4 members (excludes halogenated alkanes) is 3. The number of phenols is 1. The van der Waals surface area contributed by atoms with E-state index in [9.17, 15) is 25.5 Å². The maximum atomic E-state index is 11.6. The second kappa shape index (κ2) is 21.5. The van der Waals surface area contributed by atoms with Gasteiger partial charge in [0.1, 0.15) is 24.2 Å². The molecule has 3 heterocycles. The van der Waals surface area contributed by atoms with Crippen LogP contribution in [0.1, 0.15) is 159 Å². The van der Waals surface area contributed by atoms with Crippen molar-refractivity contribution in [2.24, 2.45) is 28.9 Å². The Hall–Kier alpha value is -4.88. The number of aliphatic hydroxyl groups excluding tert-OH is 4. The van der Waals surface area contributed by atoms with E-state index in [1.165, 1.54) is 61.6 Å². The Morgan fingerprint density at radius 3 is 2.61 bits per heavy atom. The van der Waals surface area contributed by atoms with E-state index >= 15 is 0 Å². The van der Waals surface area contributed by atoms with Gasteiger partial charge < -0.3 is 55.7 Å². The van der Waals surface area contributed by atoms with Crippen LogP contribution in [0.15, 0.2) is 77.4 Å². The summed E-state index contributed by atoms with van der Waals surface area (Å²) in [6.07, 6.45) is 22.2. The van der Waals surface area contributed by atoms with Gasteiger partial charge in [0.15, 0.2) is 11.5 Å². The molecule has 8 unspecified atom stereocenters. The number of aliphatic hydroxyl groups is 4. The van der Waals surface area contributed by atoms with Crippen LogP contribution in [0.4, 0.5) is 0 Å². The molecule has 70 heavy (non-hydrogen) atoms. The second-order valence-corrected chi connectivity index (χ2v) is 21.8. The van der Waals surface area contributed by atoms with E-state index in [0.29, 0.717) is 42.4 Å². The molecule has 374 valence electrons. The number of benzene rings is 3. The van der Waals surface area contributed by atoms with Crippen molar-refractivity contribution >= 4 is 27.8 Å². The monoisotopic (exact) mass is 953 g/mol. The third-order valence-corrected chi connectivity index (χ3v) is 17.0. The number of hydrogen-bond donors (Lipinski definition) is 9. The highest BCUT2D eigenvalue weighted by Crippen LogP contribution is 2.60. The number of aryl methyl sites for hydroxylation is 3. The summed E-state index contributed by atoms with van der Waals surface area (Å²) in [6.45, 7) is 3.14. The molecule has 0 amide bonds. The molecule has 3 aromatic heterocycles. The van der Waals surface area contributed by atoms with Crippen LogP contribution in [0.2, 0.25) is 0 Å². The number of furan rings is 1. The largest absolute Gasteiger partial charge is 0.504 e. The third-order valence-electron chi connectivity index (χ3n) is 17.0. The normalized spacial score (nSPS) is 22.9. The molecule has 2 saturated carbocycles. The van der Waals surface area contributed by atoms with Crippen LogP contribution in [0.5, 0.6) is 11.5 Å². The molecule has 0 aliphatic heterocycles. The van der Waals surface area contributed by atoms with E-state index in [1.54, 1.807) is 6.07 Å². The Kier molecular flexibility index (Phi) is 14.9. The first kappa shape index (κ1) is 48.7. The standard InChI is InChI=1S/C59H76N4O7/c1-36(65)32-61-33-49-45-10-8-11-50(45)59(22-6-7-23-59)31-53-48(49)30-52(63-53)55(67)35-69-57-25-37(14-20-54(57)66)13-17-43-27-41(34-64)56(70-43)12-5-3-2-4-9-42(60)26-40-16-18-44-46(58(40)68)19-15-38-29-51-39(21-24-62-51)28-47(38)44/h14-16,18-21,24-25,27-30,36,40,42,45,49-50,55,58,61-68H,2-13,17,22-23,26,31-35,60H2,1H3. The number of nitrogens with one attached hydrogen (secondary N) is 3. The smallest absolute Gasteiger partial charge is 0.161 e. The minimum absolute atomic E-state index is 0.000597. The highest BCUT2D eigenvalue weighted by molar-refractivity contribution is 6.01. The van der Waals surface area contributed by atoms with Crippen LogP contribution < -0.4 is 15.8 Å². The summed E-state index contributed by atoms with van der Waals surface area (Å²) < 4.78 is 12.4. The van der Waals surface area contributed by atoms with Gasteiger partial charge in [0.2, 0.25) is 0 Å². The summed E-state index contributed by atoms with van der Waals surface area (Å²) in [5, 5.41) is 61.1. The minimum Gasteiger partial charge on any atom is -0.504 e. The Morgan fingerprint density at radius 2 is 1.77 bits per heavy atom. The Labute approximate surface area is 412 Å². The molecule has 3 aromatic carbocycles. The zero-order valence-corrected chi connectivity index (χ0v) is 41.1. The average molecular weight is 953 g/mol. The first-order valence-electron chi connectivity index (χ1n) is 26.7. The fourth-order valence-corrected chi connectivity index (χ4v) is 13.5. The number of nitrogens with two attached hydrogens (primary N) is 1. The number of fused-ring (bicyclic) bond motifs is 7. The van der Waals surface area contributed by atoms with Crippen molar-refractivity contribution in [1.82, 2.24) is 15.3 Å². The van der Waals surface area contributed by atoms with Crippen LogP contribution in [-0.2, 0) is 32.3 Å². The van der Waals surface area contributed by atoms with Crippen LogP contribution >= 0.6 is 0 Å². The molecule has 10 rings (SSSR count). The second-order valence-electron chi connectivity index (χ2n) is 21.8. The SMILES string of the molecule is CC(O)CNCC1c2cc(C(O)COc3cc(CCc4cc(CO)c(CCCCCCC(N)CC5C=Cc6c(ccc7cc8[nH]ccc8cc67)C5O)o4)ccc3O)[nH]c2CC2(CCCC2)C2CCCC12. The summed E-state index contributed by atoms with van der Waals surface area (Å²) in [5.74, 6) is 3.66. The van der Waals surface area contributed by atoms with Crippen molar-refractivity contribution in [3.8, 4) is 11.5 Å². The molecule has 10 N–H and O–H groups in total. The van der Waals surface area contributed by atoms with Gasteiger partial charge in [-0.3, -0.25) is 0 Å². The van der Waals surface area contributed by atoms with Gasteiger partial charge in [-0.15, -0.1) is 0 Å². The number of H-pyrrole nitrogens is 2. The van der Waals surface area contributed by atoms with Crippen molar-refractivity contribution in [2.45, 2.75) is 153 Å². The summed E-state index contributed by atoms with van der Waals surface area (Å²) in [5.41, 5.74) is 15.3. The van der Waals surface area contributed by atoms with E-state index < -0.39 is 18.3 Å². The van der Waals surface area contributed by atoms with E-state index in [4.69, 9.17) is 14.9 Å². The lowest BCUT2D eigenvalue weighted by molar-refractivity contribution is 0.101. The van der Waals surface area contributed by atoms with Gasteiger partial charge in [0.25, 0.3) is 0 Å². The van der Waals surface area contributed by atoms with Gasteiger partial charge in [-0.25, -0.2) is 0 Å². The fraction of sp³-hybridized carbons (Fsp3) is 0.525. The molecule has 4 aliphatic carbocycles. The van der Waals surface area contributed by atoms with Crippen molar-refractivity contribution < 1.29 is 34.7 Å². The molecule has 6 aromatic rings. The minimum atomic E-state index is -0.895. The van der Waals surface area contributed by atoms with Crippen LogP contribution in [-0.4, -0.2) is 67.3 Å². The van der Waals surface area contributed by atoms with Crippen molar-refractivity contribution in [3.05, 3.63) is 124 Å². The lowest BCUT2D eigenvalue weighted by atomic mass is 9.66. The van der Waals surface area contributed by atoms with Gasteiger partial charge in [0.05, 0.1) is 18.8 Å². The van der Waals surface area contributed by atoms with E-state index in [2.05, 4.69) is 63.8 Å². The number of ether oxygens (including phenoxy) is 1. The number of aromatic hydroxyl groups is 1. The fourth-order valence-electron chi connectivity index (χ4n) is 13.5. The molecule has 4 aliphatic rings. The lowest BCUT2D eigenvalue weighted by Crippen LogP contribution is -2.36. The summed E-state index contributed by atoms with van der Waals surface area (Å²) in [7, 11) is 0. The van der Waals surface area contributed by atoms with Gasteiger partial charge >= 0.3 is 0 Å². The van der Waals surface area contributed by atoms with Crippen LogP contribution in [0.3, 0.4) is 0 Å². The van der Waals surface area contributed by atoms with E-state index in [0.717, 1.165) is 120 Å². The summed E-state index contributed by atoms with van der Waals surface area (Å²) >= 11 is 0. The molecule has 0 radical (unpaired) electrons. The molecule has 0 saturated heterocycles. The Bertz CT molecular complexity index is 2740. The number of rotatable bonds is 21. The van der Waals surface area contributed by atoms with Gasteiger partial charge in [0, 0.05) is 77.9 Å². The zero-order chi connectivity index (χ0) is 48.4. The molecular formula is C59H76N4O7. The molecule has 11 heteroatoms. The van der Waals surface area contributed by atoms with E-state index in [1.807, 2.05) is 31.3 Å². The number of hydrogen-bond acceptors (Lipinski definition) is 9. The first-order valence-corrected chi connectivity index (χ1v) is 26.7. The molecule has 1 spiro atoms. The van der Waals surface area contributed by atoms with Crippen molar-refractivity contribution in [3.63, 3.8) is 0 Å². The predicted molar refractivity (Wildman–Crippen MR) is 277 cm³/mol. The van der Waals surface area contributed by atoms with Crippen LogP contribution in [0.25, 0.3) is 27.8 Å². The number of aromatic amines is 2. The maximum Gasteiger partial charge on any atom is 0.161 e. The quantitative estimate of drug-likeness (QED) is 0.0316. The molecule has 8 atom stereocenters. The van der Waals surface area contributed by atoms with E-state index in [-0.39, 0.29) is 30.9 Å². The molecule has 0 bridgehead atoms. The Morgan fingerprint density at radius 1 is 0.914 bits per heavy atom. The topological polar surface area (TPSA) is 193 Å². The van der Waals surface area contributed by atoms with Gasteiger partial charge in [-0.2, -0.15) is 0 Å². The highest BCUT2D eigenvalue weighted by atomic mass is 16.5. The highest BCUT2D eigenvalue weighted by Gasteiger charge is 2.51. The Balaban J connectivity index is 0.682. The average Bonchev–Trinajstić information content (AvgIpc) is 4.22. The zero-order valence-electron chi connectivity index (χ0n) is 41.1. The van der Waals surface area contributed by atoms with Gasteiger partial charge in [-0.1, -0.05) is 68.9 Å². The molecular weight excluding hydrogens is 877 g/mol.